The van der Waals surface area contributed by atoms with Crippen molar-refractivity contribution in [2.24, 2.45) is 0 Å². The Morgan fingerprint density at radius 3 is 2.59 bits per heavy atom. The van der Waals surface area contributed by atoms with Crippen LogP contribution in [-0.4, -0.2) is 49.3 Å². The molecule has 0 saturated heterocycles. The topological polar surface area (TPSA) is 101 Å². The zero-order valence-corrected chi connectivity index (χ0v) is 21.1. The number of nitrogens with zero attached hydrogens (tertiary/aromatic N) is 5. The van der Waals surface area contributed by atoms with Crippen LogP contribution in [0, 0.1) is 17.1 Å². The van der Waals surface area contributed by atoms with E-state index in [1.807, 2.05) is 31.7 Å². The molecule has 0 radical (unpaired) electrons. The van der Waals surface area contributed by atoms with Gasteiger partial charge >= 0.3 is 6.09 Å². The molecule has 2 aliphatic carbocycles. The quantitative estimate of drug-likeness (QED) is 0.504. The first-order chi connectivity index (χ1) is 17.6. The molecule has 1 amide bonds. The molecule has 0 spiro atoms. The summed E-state index contributed by atoms with van der Waals surface area (Å²) in [5, 5.41) is 13.8. The molecule has 5 rings (SSSR count). The smallest absolute Gasteiger partial charge is 0.435 e. The van der Waals surface area contributed by atoms with Crippen molar-refractivity contribution in [3.63, 3.8) is 0 Å². The Balaban J connectivity index is 1.35. The highest BCUT2D eigenvalue weighted by molar-refractivity contribution is 5.93. The van der Waals surface area contributed by atoms with Crippen LogP contribution in [0.3, 0.4) is 0 Å². The molecule has 0 aliphatic heterocycles. The van der Waals surface area contributed by atoms with Gasteiger partial charge in [0.25, 0.3) is 5.91 Å². The molecule has 1 aromatic carbocycles. The van der Waals surface area contributed by atoms with Crippen molar-refractivity contribution in [1.82, 2.24) is 19.7 Å². The first-order valence-electron chi connectivity index (χ1n) is 12.4. The fourth-order valence-corrected chi connectivity index (χ4v) is 4.82. The number of nitriles is 1. The highest BCUT2D eigenvalue weighted by atomic mass is 19.1. The predicted molar refractivity (Wildman–Crippen MR) is 133 cm³/mol. The largest absolute Gasteiger partial charge is 0.442 e. The number of benzene rings is 1. The number of fused-ring (bicyclic) bond motifs is 1. The van der Waals surface area contributed by atoms with E-state index in [1.165, 1.54) is 23.0 Å². The normalized spacial score (nSPS) is 17.0. The molecule has 1 saturated carbocycles. The van der Waals surface area contributed by atoms with E-state index in [0.717, 1.165) is 30.5 Å². The van der Waals surface area contributed by atoms with Gasteiger partial charge in [0, 0.05) is 35.6 Å². The molecule has 1 fully saturated rings. The third-order valence-corrected chi connectivity index (χ3v) is 6.60. The molecule has 1 atom stereocenters. The molecule has 3 aromatic rings. The minimum atomic E-state index is -0.619. The lowest BCUT2D eigenvalue weighted by molar-refractivity contribution is 0.0513. The van der Waals surface area contributed by atoms with Crippen LogP contribution < -0.4 is 0 Å². The molecule has 190 valence electrons. The molecule has 1 unspecified atom stereocenters. The summed E-state index contributed by atoms with van der Waals surface area (Å²) < 4.78 is 21.1. The number of aromatic nitrogens is 3. The van der Waals surface area contributed by atoms with Crippen molar-refractivity contribution in [2.75, 3.05) is 0 Å². The molecular weight excluding hydrogens is 473 g/mol. The minimum Gasteiger partial charge on any atom is -0.442 e. The van der Waals surface area contributed by atoms with E-state index < -0.39 is 17.5 Å². The Morgan fingerprint density at radius 2 is 1.95 bits per heavy atom. The molecule has 0 bridgehead atoms. The molecule has 2 heterocycles. The van der Waals surface area contributed by atoms with Gasteiger partial charge in [-0.1, -0.05) is 12.1 Å². The number of amides is 1. The highest BCUT2D eigenvalue weighted by Gasteiger charge is 2.40. The van der Waals surface area contributed by atoms with Crippen LogP contribution in [0.15, 0.2) is 42.7 Å². The summed E-state index contributed by atoms with van der Waals surface area (Å²) in [6, 6.07) is 9.68. The standard InChI is InChI=1S/C28H28FN5O3/c1-28(2,3)37-27(36)33-16-19-13-21(10-12-23(19)32-33)34(20-8-9-20)26(35)24-11-7-18(15-31-24)25-17(14-30)5-4-6-22(25)29/h4-7,11,15-16,20-21H,8-10,12-13H2,1-3H3. The number of halogens is 1. The van der Waals surface area contributed by atoms with Gasteiger partial charge in [-0.15, -0.1) is 0 Å². The van der Waals surface area contributed by atoms with Gasteiger partial charge in [0.15, 0.2) is 0 Å². The lowest BCUT2D eigenvalue weighted by Crippen LogP contribution is -2.45. The number of hydrogen-bond acceptors (Lipinski definition) is 6. The van der Waals surface area contributed by atoms with Gasteiger partial charge in [-0.3, -0.25) is 9.78 Å². The molecule has 0 N–H and O–H groups in total. The first-order valence-corrected chi connectivity index (χ1v) is 12.4. The van der Waals surface area contributed by atoms with Crippen LogP contribution in [0.25, 0.3) is 11.1 Å². The Morgan fingerprint density at radius 1 is 1.16 bits per heavy atom. The second-order valence-corrected chi connectivity index (χ2v) is 10.6. The second-order valence-electron chi connectivity index (χ2n) is 10.6. The first kappa shape index (κ1) is 24.6. The summed E-state index contributed by atoms with van der Waals surface area (Å²) >= 11 is 0. The summed E-state index contributed by atoms with van der Waals surface area (Å²) in [4.78, 5) is 32.3. The van der Waals surface area contributed by atoms with Gasteiger partial charge in [-0.2, -0.15) is 15.0 Å². The Labute approximate surface area is 214 Å². The fourth-order valence-electron chi connectivity index (χ4n) is 4.82. The summed E-state index contributed by atoms with van der Waals surface area (Å²) in [5.74, 6) is -0.680. The number of aryl methyl sites for hydroxylation is 1. The molecular formula is C28H28FN5O3. The second kappa shape index (κ2) is 9.43. The Hall–Kier alpha value is -4.06. The van der Waals surface area contributed by atoms with Crippen LogP contribution in [0.4, 0.5) is 9.18 Å². The van der Waals surface area contributed by atoms with Crippen molar-refractivity contribution in [1.29, 1.82) is 5.26 Å². The monoisotopic (exact) mass is 501 g/mol. The lowest BCUT2D eigenvalue weighted by atomic mass is 9.92. The maximum atomic E-state index is 14.4. The van der Waals surface area contributed by atoms with E-state index in [4.69, 9.17) is 4.74 Å². The summed E-state index contributed by atoms with van der Waals surface area (Å²) in [7, 11) is 0. The van der Waals surface area contributed by atoms with Crippen LogP contribution in [0.1, 0.15) is 67.3 Å². The zero-order chi connectivity index (χ0) is 26.3. The van der Waals surface area contributed by atoms with Gasteiger partial charge < -0.3 is 9.64 Å². The molecule has 2 aliphatic rings. The van der Waals surface area contributed by atoms with Crippen LogP contribution >= 0.6 is 0 Å². The van der Waals surface area contributed by atoms with Gasteiger partial charge in [-0.25, -0.2) is 9.18 Å². The van der Waals surface area contributed by atoms with E-state index in [0.29, 0.717) is 18.4 Å². The van der Waals surface area contributed by atoms with Crippen LogP contribution in [-0.2, 0) is 17.6 Å². The van der Waals surface area contributed by atoms with E-state index in [-0.39, 0.29) is 34.8 Å². The van der Waals surface area contributed by atoms with Crippen LogP contribution in [0.2, 0.25) is 0 Å². The maximum Gasteiger partial charge on any atom is 0.435 e. The van der Waals surface area contributed by atoms with E-state index >= 15 is 0 Å². The third kappa shape index (κ3) is 5.10. The molecule has 8 nitrogen and oxygen atoms in total. The number of rotatable bonds is 4. The number of pyridine rings is 1. The molecule has 37 heavy (non-hydrogen) atoms. The van der Waals surface area contributed by atoms with E-state index in [9.17, 15) is 19.2 Å². The van der Waals surface area contributed by atoms with Crippen molar-refractivity contribution in [2.45, 2.75) is 70.6 Å². The molecule has 9 heteroatoms. The van der Waals surface area contributed by atoms with Crippen molar-refractivity contribution in [3.8, 4) is 17.2 Å². The number of carbonyl (C=O) groups is 2. The predicted octanol–water partition coefficient (Wildman–Crippen LogP) is 4.90. The Bertz CT molecular complexity index is 1400. The Kier molecular flexibility index (Phi) is 6.28. The number of hydrogen-bond donors (Lipinski definition) is 0. The average Bonchev–Trinajstić information content (AvgIpc) is 3.59. The average molecular weight is 502 g/mol. The minimum absolute atomic E-state index is 0.0398. The van der Waals surface area contributed by atoms with Gasteiger partial charge in [0.1, 0.15) is 17.1 Å². The van der Waals surface area contributed by atoms with E-state index in [1.54, 1.807) is 24.4 Å². The summed E-state index contributed by atoms with van der Waals surface area (Å²) in [6.07, 6.45) is 6.49. The van der Waals surface area contributed by atoms with Crippen LogP contribution in [0.5, 0.6) is 0 Å². The van der Waals surface area contributed by atoms with Gasteiger partial charge in [0.05, 0.1) is 17.3 Å². The van der Waals surface area contributed by atoms with Crippen molar-refractivity contribution < 1.29 is 18.7 Å². The maximum absolute atomic E-state index is 14.4. The van der Waals surface area contributed by atoms with Crippen molar-refractivity contribution in [3.05, 3.63) is 71.1 Å². The summed E-state index contributed by atoms with van der Waals surface area (Å²) in [5.41, 5.74) is 2.29. The SMILES string of the molecule is CC(C)(C)OC(=O)n1cc2c(n1)CCC(N(C(=O)c1ccc(-c3c(F)cccc3C#N)cn1)C1CC1)C2. The highest BCUT2D eigenvalue weighted by Crippen LogP contribution is 2.35. The third-order valence-electron chi connectivity index (χ3n) is 6.60. The zero-order valence-electron chi connectivity index (χ0n) is 21.1. The van der Waals surface area contributed by atoms with Crippen molar-refractivity contribution >= 4 is 12.0 Å². The molecule has 2 aromatic heterocycles. The lowest BCUT2D eigenvalue weighted by Gasteiger charge is -2.34. The van der Waals surface area contributed by atoms with Gasteiger partial charge in [0.2, 0.25) is 0 Å². The summed E-state index contributed by atoms with van der Waals surface area (Å²) in [6.45, 7) is 5.43. The number of carbonyl (C=O) groups excluding carboxylic acids is 2. The fraction of sp³-hybridized carbons (Fsp3) is 0.393. The van der Waals surface area contributed by atoms with Gasteiger partial charge in [-0.05, 0) is 76.6 Å². The van der Waals surface area contributed by atoms with E-state index in [2.05, 4.69) is 10.1 Å². The number of ether oxygens (including phenoxy) is 1.